The SMILES string of the molecule is COc1ccc(OC(C)C(=O)N2CCC(c3nc4cc(Cl)ccc4o3)CC2)cc1. The van der Waals surface area contributed by atoms with Gasteiger partial charge in [0.15, 0.2) is 17.6 Å². The molecule has 0 saturated carbocycles. The van der Waals surface area contributed by atoms with Crippen LogP contribution in [0.1, 0.15) is 31.6 Å². The Morgan fingerprint density at radius 2 is 1.86 bits per heavy atom. The van der Waals surface area contributed by atoms with Crippen molar-refractivity contribution in [1.82, 2.24) is 9.88 Å². The van der Waals surface area contributed by atoms with Crippen molar-refractivity contribution in [3.63, 3.8) is 0 Å². The number of nitrogens with zero attached hydrogens (tertiary/aromatic N) is 2. The molecule has 4 rings (SSSR count). The van der Waals surface area contributed by atoms with E-state index in [1.165, 1.54) is 0 Å². The van der Waals surface area contributed by atoms with Crippen LogP contribution in [-0.4, -0.2) is 42.1 Å². The van der Waals surface area contributed by atoms with Crippen molar-refractivity contribution in [2.75, 3.05) is 20.2 Å². The summed E-state index contributed by atoms with van der Waals surface area (Å²) in [5.74, 6) is 2.30. The van der Waals surface area contributed by atoms with Gasteiger partial charge in [-0.25, -0.2) is 4.98 Å². The smallest absolute Gasteiger partial charge is 0.263 e. The van der Waals surface area contributed by atoms with Crippen LogP contribution in [0, 0.1) is 0 Å². The lowest BCUT2D eigenvalue weighted by molar-refractivity contribution is -0.139. The number of ether oxygens (including phenoxy) is 2. The molecule has 1 amide bonds. The van der Waals surface area contributed by atoms with Crippen LogP contribution in [0.5, 0.6) is 11.5 Å². The van der Waals surface area contributed by atoms with Crippen molar-refractivity contribution in [1.29, 1.82) is 0 Å². The second-order valence-corrected chi connectivity index (χ2v) is 7.64. The molecule has 2 aromatic carbocycles. The van der Waals surface area contributed by atoms with E-state index in [0.29, 0.717) is 23.9 Å². The van der Waals surface area contributed by atoms with Crippen LogP contribution in [0.2, 0.25) is 5.02 Å². The number of carbonyl (C=O) groups is 1. The zero-order valence-corrected chi connectivity index (χ0v) is 17.2. The van der Waals surface area contributed by atoms with Gasteiger partial charge in [-0.1, -0.05) is 11.6 Å². The zero-order chi connectivity index (χ0) is 20.4. The summed E-state index contributed by atoms with van der Waals surface area (Å²) in [5, 5.41) is 0.642. The van der Waals surface area contributed by atoms with Crippen molar-refractivity contribution < 1.29 is 18.7 Å². The number of fused-ring (bicyclic) bond motifs is 1. The fraction of sp³-hybridized carbons (Fsp3) is 0.364. The summed E-state index contributed by atoms with van der Waals surface area (Å²) in [7, 11) is 1.61. The Morgan fingerprint density at radius 1 is 1.17 bits per heavy atom. The number of oxazole rings is 1. The molecule has 1 saturated heterocycles. The van der Waals surface area contributed by atoms with Crippen LogP contribution in [0.4, 0.5) is 0 Å². The summed E-state index contributed by atoms with van der Waals surface area (Å²) in [6.45, 7) is 3.09. The molecule has 1 aliphatic heterocycles. The largest absolute Gasteiger partial charge is 0.497 e. The first-order valence-electron chi connectivity index (χ1n) is 9.69. The van der Waals surface area contributed by atoms with Gasteiger partial charge >= 0.3 is 0 Å². The van der Waals surface area contributed by atoms with E-state index < -0.39 is 6.10 Å². The zero-order valence-electron chi connectivity index (χ0n) is 16.4. The average molecular weight is 415 g/mol. The minimum Gasteiger partial charge on any atom is -0.497 e. The van der Waals surface area contributed by atoms with Gasteiger partial charge in [0.25, 0.3) is 5.91 Å². The lowest BCUT2D eigenvalue weighted by Gasteiger charge is -2.32. The van der Waals surface area contributed by atoms with E-state index in [2.05, 4.69) is 4.98 Å². The molecule has 0 radical (unpaired) electrons. The number of rotatable bonds is 5. The topological polar surface area (TPSA) is 64.8 Å². The Balaban J connectivity index is 1.34. The minimum atomic E-state index is -0.550. The number of halogens is 1. The number of hydrogen-bond acceptors (Lipinski definition) is 5. The molecule has 3 aromatic rings. The third-order valence-corrected chi connectivity index (χ3v) is 5.48. The fourth-order valence-corrected chi connectivity index (χ4v) is 3.77. The molecule has 1 aliphatic rings. The molecule has 7 heteroatoms. The summed E-state index contributed by atoms with van der Waals surface area (Å²) in [5.41, 5.74) is 1.51. The highest BCUT2D eigenvalue weighted by molar-refractivity contribution is 6.31. The summed E-state index contributed by atoms with van der Waals surface area (Å²) in [4.78, 5) is 19.2. The van der Waals surface area contributed by atoms with E-state index in [9.17, 15) is 4.79 Å². The van der Waals surface area contributed by atoms with Gasteiger partial charge in [0.05, 0.1) is 7.11 Å². The van der Waals surface area contributed by atoms with Crippen LogP contribution < -0.4 is 9.47 Å². The van der Waals surface area contributed by atoms with Crippen molar-refractivity contribution in [2.24, 2.45) is 0 Å². The lowest BCUT2D eigenvalue weighted by Crippen LogP contribution is -2.44. The van der Waals surface area contributed by atoms with Gasteiger partial charge in [-0.2, -0.15) is 0 Å². The van der Waals surface area contributed by atoms with Crippen LogP contribution >= 0.6 is 11.6 Å². The number of methoxy groups -OCH3 is 1. The molecule has 1 atom stereocenters. The number of benzene rings is 2. The maximum absolute atomic E-state index is 12.8. The first kappa shape index (κ1) is 19.6. The number of amides is 1. The van der Waals surface area contributed by atoms with Gasteiger partial charge < -0.3 is 18.8 Å². The Kier molecular flexibility index (Phi) is 5.62. The monoisotopic (exact) mass is 414 g/mol. The van der Waals surface area contributed by atoms with Crippen molar-refractivity contribution in [2.45, 2.75) is 31.8 Å². The highest BCUT2D eigenvalue weighted by atomic mass is 35.5. The van der Waals surface area contributed by atoms with E-state index >= 15 is 0 Å². The Bertz CT molecular complexity index is 994. The van der Waals surface area contributed by atoms with Crippen molar-refractivity contribution in [3.05, 3.63) is 53.4 Å². The lowest BCUT2D eigenvalue weighted by atomic mass is 9.96. The molecule has 152 valence electrons. The first-order chi connectivity index (χ1) is 14.0. The van der Waals surface area contributed by atoms with E-state index in [-0.39, 0.29) is 11.8 Å². The predicted octanol–water partition coefficient (Wildman–Crippen LogP) is 4.66. The molecule has 1 unspecified atom stereocenters. The first-order valence-corrected chi connectivity index (χ1v) is 10.1. The summed E-state index contributed by atoms with van der Waals surface area (Å²) in [6.07, 6.45) is 1.06. The van der Waals surface area contributed by atoms with Gasteiger partial charge in [-0.3, -0.25) is 4.79 Å². The molecular formula is C22H23ClN2O4. The maximum atomic E-state index is 12.8. The number of aromatic nitrogens is 1. The summed E-state index contributed by atoms with van der Waals surface area (Å²) >= 11 is 6.03. The third-order valence-electron chi connectivity index (χ3n) is 5.24. The molecular weight excluding hydrogens is 392 g/mol. The van der Waals surface area contributed by atoms with E-state index in [1.54, 1.807) is 38.3 Å². The summed E-state index contributed by atoms with van der Waals surface area (Å²) < 4.78 is 16.8. The van der Waals surface area contributed by atoms with Gasteiger partial charge in [0.2, 0.25) is 0 Å². The van der Waals surface area contributed by atoms with Crippen molar-refractivity contribution in [3.8, 4) is 11.5 Å². The van der Waals surface area contributed by atoms with E-state index in [1.807, 2.05) is 23.1 Å². The second kappa shape index (κ2) is 8.33. The number of likely N-dealkylation sites (tertiary alicyclic amines) is 1. The Morgan fingerprint density at radius 3 is 2.55 bits per heavy atom. The molecule has 1 aromatic heterocycles. The molecule has 29 heavy (non-hydrogen) atoms. The Hall–Kier alpha value is -2.73. The molecule has 1 fully saturated rings. The highest BCUT2D eigenvalue weighted by Gasteiger charge is 2.29. The van der Waals surface area contributed by atoms with Crippen LogP contribution in [0.25, 0.3) is 11.1 Å². The number of carbonyl (C=O) groups excluding carboxylic acids is 1. The number of hydrogen-bond donors (Lipinski definition) is 0. The molecule has 0 bridgehead atoms. The van der Waals surface area contributed by atoms with Crippen LogP contribution in [0.3, 0.4) is 0 Å². The van der Waals surface area contributed by atoms with Crippen LogP contribution in [0.15, 0.2) is 46.9 Å². The van der Waals surface area contributed by atoms with Gasteiger partial charge in [-0.15, -0.1) is 0 Å². The maximum Gasteiger partial charge on any atom is 0.263 e. The van der Waals surface area contributed by atoms with Gasteiger partial charge in [0, 0.05) is 24.0 Å². The van der Waals surface area contributed by atoms with Crippen molar-refractivity contribution >= 4 is 28.6 Å². The third kappa shape index (κ3) is 4.32. The van der Waals surface area contributed by atoms with Gasteiger partial charge in [0.1, 0.15) is 17.0 Å². The molecule has 6 nitrogen and oxygen atoms in total. The molecule has 0 N–H and O–H groups in total. The molecule has 2 heterocycles. The fourth-order valence-electron chi connectivity index (χ4n) is 3.61. The average Bonchev–Trinajstić information content (AvgIpc) is 3.17. The standard InChI is InChI=1S/C22H23ClN2O4/c1-14(28-18-6-4-17(27-2)5-7-18)22(26)25-11-9-15(10-12-25)21-24-19-13-16(23)3-8-20(19)29-21/h3-8,13-15H,9-12H2,1-2H3. The van der Waals surface area contributed by atoms with Gasteiger partial charge in [-0.05, 0) is 62.2 Å². The van der Waals surface area contributed by atoms with E-state index in [0.717, 1.165) is 35.6 Å². The Labute approximate surface area is 174 Å². The predicted molar refractivity (Wildman–Crippen MR) is 111 cm³/mol. The molecule has 0 spiro atoms. The van der Waals surface area contributed by atoms with E-state index in [4.69, 9.17) is 25.5 Å². The number of piperidine rings is 1. The van der Waals surface area contributed by atoms with Crippen LogP contribution in [-0.2, 0) is 4.79 Å². The normalized spacial score (nSPS) is 16.0. The molecule has 0 aliphatic carbocycles. The quantitative estimate of drug-likeness (QED) is 0.607. The minimum absolute atomic E-state index is 0.0105. The summed E-state index contributed by atoms with van der Waals surface area (Å²) in [6, 6.07) is 12.7. The second-order valence-electron chi connectivity index (χ2n) is 7.20. The highest BCUT2D eigenvalue weighted by Crippen LogP contribution is 2.31.